The predicted molar refractivity (Wildman–Crippen MR) is 101 cm³/mol. The molecule has 0 saturated heterocycles. The molecular formula is C20H19NO8. The summed E-state index contributed by atoms with van der Waals surface area (Å²) < 4.78 is 26.2. The lowest BCUT2D eigenvalue weighted by Gasteiger charge is -2.19. The van der Waals surface area contributed by atoms with Gasteiger partial charge in [-0.05, 0) is 24.3 Å². The maximum absolute atomic E-state index is 12.5. The third-order valence-corrected chi connectivity index (χ3v) is 4.07. The summed E-state index contributed by atoms with van der Waals surface area (Å²) in [7, 11) is 2.73. The number of methoxy groups -OCH3 is 2. The second kappa shape index (κ2) is 8.96. The van der Waals surface area contributed by atoms with E-state index in [9.17, 15) is 14.4 Å². The van der Waals surface area contributed by atoms with Crippen LogP contribution in [0.25, 0.3) is 0 Å². The summed E-state index contributed by atoms with van der Waals surface area (Å²) >= 11 is 0. The zero-order chi connectivity index (χ0) is 20.8. The highest BCUT2D eigenvalue weighted by atomic mass is 16.6. The van der Waals surface area contributed by atoms with E-state index in [0.717, 1.165) is 0 Å². The third kappa shape index (κ3) is 4.40. The molecule has 3 rings (SSSR count). The van der Waals surface area contributed by atoms with Crippen LogP contribution in [0.15, 0.2) is 30.3 Å². The summed E-state index contributed by atoms with van der Waals surface area (Å²) in [5.41, 5.74) is 0.400. The van der Waals surface area contributed by atoms with E-state index in [1.165, 1.54) is 26.4 Å². The summed E-state index contributed by atoms with van der Waals surface area (Å²) in [6.45, 7) is 0.320. The molecule has 0 atom stereocenters. The first-order valence-corrected chi connectivity index (χ1v) is 8.64. The molecule has 1 N–H and O–H groups in total. The number of amides is 1. The standard InChI is InChI=1S/C20H19NO8/c1-25-15-5-3-12(10-22)18(19(15)26-2)20(24)29-11-17(23)21-13-4-6-14-16(9-13)28-8-7-27-14/h3-6,9-10H,7-8,11H2,1-2H3,(H,21,23). The number of carbonyl (C=O) groups excluding carboxylic acids is 3. The van der Waals surface area contributed by atoms with Crippen LogP contribution >= 0.6 is 0 Å². The van der Waals surface area contributed by atoms with E-state index in [1.54, 1.807) is 18.2 Å². The van der Waals surface area contributed by atoms with Crippen molar-refractivity contribution in [2.45, 2.75) is 0 Å². The molecule has 0 saturated carbocycles. The molecule has 0 bridgehead atoms. The Labute approximate surface area is 166 Å². The Morgan fingerprint density at radius 3 is 2.52 bits per heavy atom. The maximum atomic E-state index is 12.5. The quantitative estimate of drug-likeness (QED) is 0.555. The van der Waals surface area contributed by atoms with Crippen molar-refractivity contribution in [3.8, 4) is 23.0 Å². The molecule has 0 aliphatic carbocycles. The summed E-state index contributed by atoms with van der Waals surface area (Å²) in [5, 5.41) is 2.60. The fourth-order valence-corrected chi connectivity index (χ4v) is 2.77. The molecule has 1 aliphatic heterocycles. The molecule has 0 fully saturated rings. The zero-order valence-corrected chi connectivity index (χ0v) is 15.9. The number of rotatable bonds is 7. The zero-order valence-electron chi connectivity index (χ0n) is 15.9. The Kier molecular flexibility index (Phi) is 6.18. The molecule has 2 aromatic rings. The van der Waals surface area contributed by atoms with Gasteiger partial charge in [-0.1, -0.05) is 0 Å². The van der Waals surface area contributed by atoms with Crippen LogP contribution in [0.1, 0.15) is 20.7 Å². The molecule has 9 nitrogen and oxygen atoms in total. The highest BCUT2D eigenvalue weighted by Gasteiger charge is 2.23. The van der Waals surface area contributed by atoms with Crippen LogP contribution in [0.3, 0.4) is 0 Å². The van der Waals surface area contributed by atoms with Gasteiger partial charge in [0.2, 0.25) is 0 Å². The van der Waals surface area contributed by atoms with Crippen LogP contribution < -0.4 is 24.3 Å². The monoisotopic (exact) mass is 401 g/mol. The van der Waals surface area contributed by atoms with Crippen LogP contribution in [0, 0.1) is 0 Å². The van der Waals surface area contributed by atoms with Gasteiger partial charge in [-0.2, -0.15) is 0 Å². The van der Waals surface area contributed by atoms with Crippen LogP contribution in [0.4, 0.5) is 5.69 Å². The number of ether oxygens (including phenoxy) is 5. The van der Waals surface area contributed by atoms with E-state index < -0.39 is 18.5 Å². The highest BCUT2D eigenvalue weighted by molar-refractivity contribution is 6.03. The second-order valence-corrected chi connectivity index (χ2v) is 5.87. The summed E-state index contributed by atoms with van der Waals surface area (Å²) in [6.07, 6.45) is 0.494. The molecule has 0 spiro atoms. The minimum atomic E-state index is -0.889. The minimum absolute atomic E-state index is 0.0503. The van der Waals surface area contributed by atoms with Gasteiger partial charge in [-0.25, -0.2) is 4.79 Å². The predicted octanol–water partition coefficient (Wildman–Crippen LogP) is 2.08. The average molecular weight is 401 g/mol. The SMILES string of the molecule is COc1ccc(C=O)c(C(=O)OCC(=O)Nc2ccc3c(c2)OCCO3)c1OC. The average Bonchev–Trinajstić information content (AvgIpc) is 2.76. The van der Waals surface area contributed by atoms with Crippen molar-refractivity contribution in [2.75, 3.05) is 39.4 Å². The number of hydrogen-bond acceptors (Lipinski definition) is 8. The van der Waals surface area contributed by atoms with Gasteiger partial charge in [0, 0.05) is 17.3 Å². The molecule has 0 radical (unpaired) electrons. The minimum Gasteiger partial charge on any atom is -0.493 e. The van der Waals surface area contributed by atoms with Gasteiger partial charge in [-0.15, -0.1) is 0 Å². The number of aldehydes is 1. The van der Waals surface area contributed by atoms with Crippen molar-refractivity contribution in [3.63, 3.8) is 0 Å². The molecule has 0 unspecified atom stereocenters. The smallest absolute Gasteiger partial charge is 0.343 e. The molecule has 0 aromatic heterocycles. The largest absolute Gasteiger partial charge is 0.493 e. The first kappa shape index (κ1) is 20.0. The molecule has 29 heavy (non-hydrogen) atoms. The Morgan fingerprint density at radius 1 is 1.07 bits per heavy atom. The molecule has 152 valence electrons. The summed E-state index contributed by atoms with van der Waals surface area (Å²) in [4.78, 5) is 35.9. The Morgan fingerprint density at radius 2 is 1.83 bits per heavy atom. The number of fused-ring (bicyclic) bond motifs is 1. The molecule has 2 aromatic carbocycles. The lowest BCUT2D eigenvalue weighted by Crippen LogP contribution is -2.22. The Bertz CT molecular complexity index is 940. The van der Waals surface area contributed by atoms with E-state index in [-0.39, 0.29) is 22.6 Å². The van der Waals surface area contributed by atoms with E-state index in [1.807, 2.05) is 0 Å². The van der Waals surface area contributed by atoms with Gasteiger partial charge in [0.15, 0.2) is 35.9 Å². The first-order valence-electron chi connectivity index (χ1n) is 8.64. The van der Waals surface area contributed by atoms with Crippen molar-refractivity contribution in [3.05, 3.63) is 41.5 Å². The van der Waals surface area contributed by atoms with E-state index >= 15 is 0 Å². The van der Waals surface area contributed by atoms with Crippen LogP contribution in [-0.2, 0) is 9.53 Å². The second-order valence-electron chi connectivity index (χ2n) is 5.87. The number of esters is 1. The number of carbonyl (C=O) groups is 3. The molecular weight excluding hydrogens is 382 g/mol. The Hall–Kier alpha value is -3.75. The number of nitrogens with one attached hydrogen (secondary N) is 1. The number of anilines is 1. The fraction of sp³-hybridized carbons (Fsp3) is 0.250. The van der Waals surface area contributed by atoms with Crippen molar-refractivity contribution in [1.29, 1.82) is 0 Å². The normalized spacial score (nSPS) is 11.9. The highest BCUT2D eigenvalue weighted by Crippen LogP contribution is 2.34. The molecule has 9 heteroatoms. The molecule has 1 heterocycles. The van der Waals surface area contributed by atoms with Crippen molar-refractivity contribution < 1.29 is 38.1 Å². The molecule has 1 amide bonds. The van der Waals surface area contributed by atoms with Gasteiger partial charge in [0.25, 0.3) is 5.91 Å². The molecule has 1 aliphatic rings. The van der Waals surface area contributed by atoms with Crippen molar-refractivity contribution in [2.24, 2.45) is 0 Å². The van der Waals surface area contributed by atoms with Gasteiger partial charge in [0.05, 0.1) is 14.2 Å². The maximum Gasteiger partial charge on any atom is 0.343 e. The first-order chi connectivity index (χ1) is 14.1. The van der Waals surface area contributed by atoms with Crippen molar-refractivity contribution >= 4 is 23.9 Å². The van der Waals surface area contributed by atoms with Gasteiger partial charge in [-0.3, -0.25) is 9.59 Å². The van der Waals surface area contributed by atoms with E-state index in [2.05, 4.69) is 5.32 Å². The number of hydrogen-bond donors (Lipinski definition) is 1. The van der Waals surface area contributed by atoms with Crippen LogP contribution in [0.5, 0.6) is 23.0 Å². The lowest BCUT2D eigenvalue weighted by molar-refractivity contribution is -0.119. The van der Waals surface area contributed by atoms with Crippen LogP contribution in [-0.4, -0.2) is 52.2 Å². The summed E-state index contributed by atoms with van der Waals surface area (Å²) in [6, 6.07) is 7.83. The summed E-state index contributed by atoms with van der Waals surface area (Å²) in [5.74, 6) is -0.0418. The lowest BCUT2D eigenvalue weighted by atomic mass is 10.1. The third-order valence-electron chi connectivity index (χ3n) is 4.07. The van der Waals surface area contributed by atoms with Gasteiger partial charge in [0.1, 0.15) is 18.8 Å². The van der Waals surface area contributed by atoms with E-state index in [4.69, 9.17) is 23.7 Å². The fourth-order valence-electron chi connectivity index (χ4n) is 2.77. The van der Waals surface area contributed by atoms with Gasteiger partial charge >= 0.3 is 5.97 Å². The topological polar surface area (TPSA) is 109 Å². The van der Waals surface area contributed by atoms with E-state index in [0.29, 0.717) is 36.7 Å². The van der Waals surface area contributed by atoms with Crippen LogP contribution in [0.2, 0.25) is 0 Å². The van der Waals surface area contributed by atoms with Gasteiger partial charge < -0.3 is 29.0 Å². The Balaban J connectivity index is 1.68. The van der Waals surface area contributed by atoms with Crippen molar-refractivity contribution in [1.82, 2.24) is 0 Å². The number of benzene rings is 2.